The van der Waals surface area contributed by atoms with E-state index in [1.807, 2.05) is 24.4 Å². The first-order chi connectivity index (χ1) is 15.0. The fraction of sp³-hybridized carbons (Fsp3) is 0.240. The van der Waals surface area contributed by atoms with Gasteiger partial charge in [0.1, 0.15) is 12.1 Å². The summed E-state index contributed by atoms with van der Waals surface area (Å²) in [7, 11) is 0. The molecule has 0 radical (unpaired) electrons. The third-order valence-electron chi connectivity index (χ3n) is 6.13. The molecule has 1 aliphatic heterocycles. The second-order valence-corrected chi connectivity index (χ2v) is 8.01. The van der Waals surface area contributed by atoms with Crippen molar-refractivity contribution < 1.29 is 14.3 Å². The van der Waals surface area contributed by atoms with E-state index in [2.05, 4.69) is 35.3 Å². The molecule has 6 nitrogen and oxygen atoms in total. The Hall–Kier alpha value is -3.51. The highest BCUT2D eigenvalue weighted by molar-refractivity contribution is 5.93. The van der Waals surface area contributed by atoms with Crippen molar-refractivity contribution in [1.29, 1.82) is 0 Å². The minimum atomic E-state index is -0.788. The Morgan fingerprint density at radius 1 is 1.16 bits per heavy atom. The number of Topliss-reactive ketones (excluding diaryl/α,β-unsaturated/α-hetero) is 1. The number of rotatable bonds is 5. The predicted molar refractivity (Wildman–Crippen MR) is 119 cm³/mol. The van der Waals surface area contributed by atoms with Gasteiger partial charge >= 0.3 is 6.09 Å². The number of ketones is 1. The van der Waals surface area contributed by atoms with E-state index < -0.39 is 18.2 Å². The average Bonchev–Trinajstić information content (AvgIpc) is 3.37. The summed E-state index contributed by atoms with van der Waals surface area (Å²) in [5.41, 5.74) is 13.8. The van der Waals surface area contributed by atoms with Crippen molar-refractivity contribution >= 4 is 17.6 Å². The molecular weight excluding hydrogens is 390 g/mol. The molecule has 0 saturated carbocycles. The number of hydrogen-bond acceptors (Lipinski definition) is 5. The first kappa shape index (κ1) is 19.5. The summed E-state index contributed by atoms with van der Waals surface area (Å²) in [5.74, 6) is -0.103. The highest BCUT2D eigenvalue weighted by Gasteiger charge is 2.38. The molecule has 5 rings (SSSR count). The number of nitrogens with zero attached hydrogens (tertiary/aromatic N) is 2. The van der Waals surface area contributed by atoms with Gasteiger partial charge in [0.2, 0.25) is 0 Å². The largest absolute Gasteiger partial charge is 0.442 e. The number of benzene rings is 2. The third kappa shape index (κ3) is 3.39. The van der Waals surface area contributed by atoms with Gasteiger partial charge in [0.15, 0.2) is 5.78 Å². The lowest BCUT2D eigenvalue weighted by molar-refractivity contribution is -0.121. The zero-order valence-electron chi connectivity index (χ0n) is 17.2. The van der Waals surface area contributed by atoms with Crippen LogP contribution in [-0.4, -0.2) is 35.6 Å². The van der Waals surface area contributed by atoms with E-state index in [0.29, 0.717) is 6.42 Å². The van der Waals surface area contributed by atoms with Crippen LogP contribution in [0.1, 0.15) is 24.5 Å². The van der Waals surface area contributed by atoms with E-state index >= 15 is 0 Å². The van der Waals surface area contributed by atoms with Crippen molar-refractivity contribution in [2.45, 2.75) is 31.9 Å². The maximum atomic E-state index is 12.5. The molecule has 1 fully saturated rings. The summed E-state index contributed by atoms with van der Waals surface area (Å²) in [4.78, 5) is 30.2. The van der Waals surface area contributed by atoms with Crippen molar-refractivity contribution in [1.82, 2.24) is 4.98 Å². The lowest BCUT2D eigenvalue weighted by Crippen LogP contribution is -2.43. The molecule has 6 heteroatoms. The minimum absolute atomic E-state index is 0.103. The molecule has 1 unspecified atom stereocenters. The predicted octanol–water partition coefficient (Wildman–Crippen LogP) is 3.95. The Bertz CT molecular complexity index is 1180. The van der Waals surface area contributed by atoms with Crippen LogP contribution < -0.4 is 10.6 Å². The molecule has 2 aromatic carbocycles. The normalized spacial score (nSPS) is 17.8. The summed E-state index contributed by atoms with van der Waals surface area (Å²) in [6, 6.07) is 15.7. The van der Waals surface area contributed by atoms with Crippen LogP contribution in [0.2, 0.25) is 0 Å². The van der Waals surface area contributed by atoms with Crippen LogP contribution in [0, 0.1) is 0 Å². The van der Waals surface area contributed by atoms with Crippen molar-refractivity contribution in [3.63, 3.8) is 0 Å². The maximum Gasteiger partial charge on any atom is 0.414 e. The zero-order chi connectivity index (χ0) is 21.5. The Balaban J connectivity index is 1.40. The Morgan fingerprint density at radius 3 is 2.68 bits per heavy atom. The number of pyridine rings is 1. The second kappa shape index (κ2) is 7.63. The van der Waals surface area contributed by atoms with Crippen LogP contribution in [0.5, 0.6) is 0 Å². The molecule has 0 bridgehead atoms. The molecule has 2 aliphatic rings. The molecule has 1 amide bonds. The van der Waals surface area contributed by atoms with E-state index in [-0.39, 0.29) is 12.3 Å². The van der Waals surface area contributed by atoms with Crippen molar-refractivity contribution in [3.8, 4) is 22.3 Å². The second-order valence-electron chi connectivity index (χ2n) is 8.01. The fourth-order valence-electron chi connectivity index (χ4n) is 4.40. The monoisotopic (exact) mass is 413 g/mol. The average molecular weight is 413 g/mol. The van der Waals surface area contributed by atoms with Crippen LogP contribution in [0.15, 0.2) is 60.9 Å². The number of nitrogens with two attached hydrogens (primary N) is 1. The quantitative estimate of drug-likeness (QED) is 0.535. The number of carbonyl (C=O) groups excluding carboxylic acids is 2. The van der Waals surface area contributed by atoms with Crippen molar-refractivity contribution in [2.24, 2.45) is 5.73 Å². The van der Waals surface area contributed by atoms with E-state index in [0.717, 1.165) is 23.2 Å². The van der Waals surface area contributed by atoms with Gasteiger partial charge in [-0.3, -0.25) is 14.7 Å². The van der Waals surface area contributed by atoms with E-state index in [4.69, 9.17) is 10.5 Å². The molecule has 2 atom stereocenters. The van der Waals surface area contributed by atoms with Gasteiger partial charge in [0, 0.05) is 24.5 Å². The van der Waals surface area contributed by atoms with Gasteiger partial charge in [-0.25, -0.2) is 4.79 Å². The topological polar surface area (TPSA) is 85.5 Å². The SMILES string of the molecule is CCC(=O)C(N)[C@@H]1CN(c2ccc3c(c2)Cc2cc(-c4cccnc4)ccc2-3)C(=O)O1. The fourth-order valence-corrected chi connectivity index (χ4v) is 4.40. The maximum absolute atomic E-state index is 12.5. The summed E-state index contributed by atoms with van der Waals surface area (Å²) in [6.45, 7) is 2.04. The Kier molecular flexibility index (Phi) is 4.79. The minimum Gasteiger partial charge on any atom is -0.442 e. The van der Waals surface area contributed by atoms with Crippen LogP contribution in [-0.2, 0) is 16.0 Å². The van der Waals surface area contributed by atoms with Gasteiger partial charge in [0.25, 0.3) is 0 Å². The molecule has 1 aromatic heterocycles. The van der Waals surface area contributed by atoms with Crippen LogP contribution >= 0.6 is 0 Å². The number of hydrogen-bond donors (Lipinski definition) is 1. The number of aromatic nitrogens is 1. The zero-order valence-corrected chi connectivity index (χ0v) is 17.2. The van der Waals surface area contributed by atoms with Gasteiger partial charge in [-0.1, -0.05) is 37.3 Å². The van der Waals surface area contributed by atoms with Gasteiger partial charge in [0.05, 0.1) is 6.54 Å². The molecule has 1 aliphatic carbocycles. The summed E-state index contributed by atoms with van der Waals surface area (Å²) in [5, 5.41) is 0. The van der Waals surface area contributed by atoms with Crippen LogP contribution in [0.4, 0.5) is 10.5 Å². The Labute approximate surface area is 180 Å². The number of amides is 1. The van der Waals surface area contributed by atoms with E-state index in [1.165, 1.54) is 22.3 Å². The van der Waals surface area contributed by atoms with Crippen molar-refractivity contribution in [2.75, 3.05) is 11.4 Å². The van der Waals surface area contributed by atoms with E-state index in [1.54, 1.807) is 18.0 Å². The summed E-state index contributed by atoms with van der Waals surface area (Å²) in [6.07, 6.45) is 3.68. The number of ether oxygens (including phenoxy) is 1. The molecule has 1 saturated heterocycles. The number of carbonyl (C=O) groups is 2. The highest BCUT2D eigenvalue weighted by atomic mass is 16.6. The van der Waals surface area contributed by atoms with Gasteiger partial charge in [-0.05, 0) is 58.0 Å². The van der Waals surface area contributed by atoms with Crippen LogP contribution in [0.25, 0.3) is 22.3 Å². The van der Waals surface area contributed by atoms with Gasteiger partial charge < -0.3 is 10.5 Å². The molecule has 2 heterocycles. The Morgan fingerprint density at radius 2 is 1.94 bits per heavy atom. The molecule has 156 valence electrons. The first-order valence-electron chi connectivity index (χ1n) is 10.5. The molecular formula is C25H23N3O3. The molecule has 3 aromatic rings. The molecule has 31 heavy (non-hydrogen) atoms. The van der Waals surface area contributed by atoms with Gasteiger partial charge in [-0.15, -0.1) is 0 Å². The van der Waals surface area contributed by atoms with Crippen molar-refractivity contribution in [3.05, 3.63) is 72.1 Å². The summed E-state index contributed by atoms with van der Waals surface area (Å²) < 4.78 is 5.39. The highest BCUT2D eigenvalue weighted by Crippen LogP contribution is 2.40. The smallest absolute Gasteiger partial charge is 0.414 e. The van der Waals surface area contributed by atoms with E-state index in [9.17, 15) is 9.59 Å². The van der Waals surface area contributed by atoms with Gasteiger partial charge in [-0.2, -0.15) is 0 Å². The number of anilines is 1. The standard InChI is InChI=1S/C25H23N3O3/c1-2-22(29)24(26)23-14-28(25(30)31-23)19-6-8-21-18(12-19)11-17-10-15(5-7-20(17)21)16-4-3-9-27-13-16/h3-10,12-13,23-24H,2,11,14,26H2,1H3/t23-,24?/m0/s1. The first-order valence-corrected chi connectivity index (χ1v) is 10.5. The third-order valence-corrected chi connectivity index (χ3v) is 6.13. The lowest BCUT2D eigenvalue weighted by Gasteiger charge is -2.16. The molecule has 2 N–H and O–H groups in total. The van der Waals surface area contributed by atoms with Crippen LogP contribution in [0.3, 0.4) is 0 Å². The number of fused-ring (bicyclic) bond motifs is 3. The molecule has 0 spiro atoms. The lowest BCUT2D eigenvalue weighted by atomic mass is 10.00. The number of cyclic esters (lactones) is 1. The summed E-state index contributed by atoms with van der Waals surface area (Å²) >= 11 is 0.